The topological polar surface area (TPSA) is 91.7 Å². The average molecular weight is 439 g/mol. The van der Waals surface area contributed by atoms with E-state index in [1.165, 1.54) is 7.11 Å². The number of carbonyl (C=O) groups excluding carboxylic acids is 2. The molecule has 0 fully saturated rings. The fourth-order valence-electron chi connectivity index (χ4n) is 3.64. The van der Waals surface area contributed by atoms with Crippen molar-refractivity contribution in [2.75, 3.05) is 23.9 Å². The van der Waals surface area contributed by atoms with Gasteiger partial charge >= 0.3 is 0 Å². The molecule has 4 rings (SSSR count). The second-order valence-electron chi connectivity index (χ2n) is 7.14. The van der Waals surface area contributed by atoms with E-state index in [1.807, 2.05) is 19.1 Å². The molecular formula is C26H21N3O4. The molecule has 0 saturated heterocycles. The van der Waals surface area contributed by atoms with Gasteiger partial charge in [-0.25, -0.2) is 4.90 Å². The number of amides is 2. The van der Waals surface area contributed by atoms with Crippen LogP contribution in [-0.2, 0) is 9.59 Å². The Hall–Kier alpha value is -4.57. The van der Waals surface area contributed by atoms with Gasteiger partial charge in [-0.1, -0.05) is 24.3 Å². The van der Waals surface area contributed by atoms with E-state index in [-0.39, 0.29) is 11.3 Å². The Morgan fingerprint density at radius 2 is 1.73 bits per heavy atom. The number of nitrogens with one attached hydrogen (secondary N) is 1. The summed E-state index contributed by atoms with van der Waals surface area (Å²) in [6, 6.07) is 22.5. The summed E-state index contributed by atoms with van der Waals surface area (Å²) in [5.74, 6) is 0.116. The van der Waals surface area contributed by atoms with Gasteiger partial charge in [-0.15, -0.1) is 0 Å². The number of hydrogen-bond acceptors (Lipinski definition) is 6. The molecule has 2 amide bonds. The van der Waals surface area contributed by atoms with Crippen molar-refractivity contribution in [3.8, 4) is 17.6 Å². The SMILES string of the molecule is CCOc1cccc(NC2=C(c3ccccc3OC)C(=O)N(c3ccc(C#N)cc3)C2=O)c1. The highest BCUT2D eigenvalue weighted by atomic mass is 16.5. The van der Waals surface area contributed by atoms with Gasteiger partial charge < -0.3 is 14.8 Å². The fraction of sp³-hybridized carbons (Fsp3) is 0.115. The van der Waals surface area contributed by atoms with Crippen molar-refractivity contribution in [2.24, 2.45) is 0 Å². The minimum absolute atomic E-state index is 0.127. The van der Waals surface area contributed by atoms with E-state index in [2.05, 4.69) is 5.32 Å². The van der Waals surface area contributed by atoms with Crippen LogP contribution in [0.1, 0.15) is 18.1 Å². The van der Waals surface area contributed by atoms with Crippen LogP contribution in [-0.4, -0.2) is 25.5 Å². The molecular weight excluding hydrogens is 418 g/mol. The van der Waals surface area contributed by atoms with Crippen LogP contribution in [0.2, 0.25) is 0 Å². The lowest BCUT2D eigenvalue weighted by Gasteiger charge is -2.15. The van der Waals surface area contributed by atoms with Gasteiger partial charge in [-0.3, -0.25) is 9.59 Å². The highest BCUT2D eigenvalue weighted by molar-refractivity contribution is 6.46. The number of imide groups is 1. The van der Waals surface area contributed by atoms with Crippen molar-refractivity contribution < 1.29 is 19.1 Å². The lowest BCUT2D eigenvalue weighted by atomic mass is 10.0. The van der Waals surface area contributed by atoms with Crippen molar-refractivity contribution >= 4 is 28.8 Å². The van der Waals surface area contributed by atoms with Crippen LogP contribution in [0.25, 0.3) is 5.57 Å². The molecule has 0 bridgehead atoms. The van der Waals surface area contributed by atoms with Crippen molar-refractivity contribution in [3.63, 3.8) is 0 Å². The summed E-state index contributed by atoms with van der Waals surface area (Å²) in [7, 11) is 1.51. The average Bonchev–Trinajstić information content (AvgIpc) is 3.08. The molecule has 0 unspecified atom stereocenters. The van der Waals surface area contributed by atoms with E-state index < -0.39 is 11.8 Å². The number of hydrogen-bond donors (Lipinski definition) is 1. The molecule has 1 N–H and O–H groups in total. The lowest BCUT2D eigenvalue weighted by molar-refractivity contribution is -0.120. The summed E-state index contributed by atoms with van der Waals surface area (Å²) in [5, 5.41) is 12.2. The third-order valence-corrected chi connectivity index (χ3v) is 5.13. The Bertz CT molecular complexity index is 1290. The molecule has 1 aliphatic rings. The summed E-state index contributed by atoms with van der Waals surface area (Å²) in [4.78, 5) is 28.2. The first-order valence-corrected chi connectivity index (χ1v) is 10.3. The number of para-hydroxylation sites is 1. The molecule has 7 heteroatoms. The predicted octanol–water partition coefficient (Wildman–Crippen LogP) is 4.36. The van der Waals surface area contributed by atoms with E-state index in [4.69, 9.17) is 14.7 Å². The second-order valence-corrected chi connectivity index (χ2v) is 7.14. The van der Waals surface area contributed by atoms with Gasteiger partial charge in [0.15, 0.2) is 0 Å². The van der Waals surface area contributed by atoms with E-state index in [9.17, 15) is 9.59 Å². The van der Waals surface area contributed by atoms with Crippen LogP contribution in [0.3, 0.4) is 0 Å². The van der Waals surface area contributed by atoms with Crippen molar-refractivity contribution in [1.29, 1.82) is 5.26 Å². The first-order valence-electron chi connectivity index (χ1n) is 10.3. The smallest absolute Gasteiger partial charge is 0.282 e. The number of anilines is 2. The summed E-state index contributed by atoms with van der Waals surface area (Å²) in [5.41, 5.74) is 2.23. The van der Waals surface area contributed by atoms with E-state index in [1.54, 1.807) is 66.7 Å². The minimum Gasteiger partial charge on any atom is -0.496 e. The van der Waals surface area contributed by atoms with Crippen LogP contribution < -0.4 is 19.7 Å². The molecule has 0 aromatic heterocycles. The molecule has 3 aromatic carbocycles. The Labute approximate surface area is 191 Å². The van der Waals surface area contributed by atoms with Gasteiger partial charge in [0.2, 0.25) is 0 Å². The third-order valence-electron chi connectivity index (χ3n) is 5.13. The van der Waals surface area contributed by atoms with Gasteiger partial charge in [0.1, 0.15) is 17.2 Å². The molecule has 1 aliphatic heterocycles. The lowest BCUT2D eigenvalue weighted by Crippen LogP contribution is -2.32. The summed E-state index contributed by atoms with van der Waals surface area (Å²) in [6.45, 7) is 2.39. The second kappa shape index (κ2) is 9.28. The molecule has 3 aromatic rings. The van der Waals surface area contributed by atoms with Crippen molar-refractivity contribution in [1.82, 2.24) is 0 Å². The Morgan fingerprint density at radius 1 is 0.970 bits per heavy atom. The number of nitriles is 1. The predicted molar refractivity (Wildman–Crippen MR) is 125 cm³/mol. The molecule has 0 radical (unpaired) electrons. The maximum atomic E-state index is 13.6. The quantitative estimate of drug-likeness (QED) is 0.550. The molecule has 164 valence electrons. The van der Waals surface area contributed by atoms with Crippen LogP contribution in [0, 0.1) is 11.3 Å². The van der Waals surface area contributed by atoms with Crippen LogP contribution in [0.15, 0.2) is 78.5 Å². The normalized spacial score (nSPS) is 13.2. The Morgan fingerprint density at radius 3 is 2.42 bits per heavy atom. The largest absolute Gasteiger partial charge is 0.496 e. The standard InChI is InChI=1S/C26H21N3O4/c1-3-33-20-8-6-7-18(15-20)28-24-23(21-9-4-5-10-22(21)32-2)25(30)29(26(24)31)19-13-11-17(16-27)12-14-19/h4-15,28H,3H2,1-2H3. The number of carbonyl (C=O) groups is 2. The highest BCUT2D eigenvalue weighted by Gasteiger charge is 2.41. The van der Waals surface area contributed by atoms with E-state index in [0.717, 1.165) is 4.90 Å². The van der Waals surface area contributed by atoms with Gasteiger partial charge in [0.05, 0.1) is 36.6 Å². The zero-order chi connectivity index (χ0) is 23.4. The maximum absolute atomic E-state index is 13.6. The highest BCUT2D eigenvalue weighted by Crippen LogP contribution is 2.37. The van der Waals surface area contributed by atoms with Crippen molar-refractivity contribution in [3.05, 3.63) is 89.6 Å². The van der Waals surface area contributed by atoms with E-state index >= 15 is 0 Å². The van der Waals surface area contributed by atoms with Gasteiger partial charge in [-0.2, -0.15) is 5.26 Å². The molecule has 0 aliphatic carbocycles. The molecule has 1 heterocycles. The Balaban J connectivity index is 1.82. The Kier molecular flexibility index (Phi) is 6.09. The number of methoxy groups -OCH3 is 1. The summed E-state index contributed by atoms with van der Waals surface area (Å²) >= 11 is 0. The first-order chi connectivity index (χ1) is 16.1. The third kappa shape index (κ3) is 4.14. The fourth-order valence-corrected chi connectivity index (χ4v) is 3.64. The minimum atomic E-state index is -0.507. The van der Waals surface area contributed by atoms with Crippen LogP contribution >= 0.6 is 0 Å². The van der Waals surface area contributed by atoms with Crippen LogP contribution in [0.5, 0.6) is 11.5 Å². The summed E-state index contributed by atoms with van der Waals surface area (Å²) in [6.07, 6.45) is 0. The monoisotopic (exact) mass is 439 g/mol. The molecule has 0 spiro atoms. The van der Waals surface area contributed by atoms with Gasteiger partial charge in [-0.05, 0) is 49.4 Å². The zero-order valence-corrected chi connectivity index (χ0v) is 18.2. The maximum Gasteiger partial charge on any atom is 0.282 e. The van der Waals surface area contributed by atoms with Crippen molar-refractivity contribution in [2.45, 2.75) is 6.92 Å². The van der Waals surface area contributed by atoms with E-state index in [0.29, 0.717) is 40.6 Å². The molecule has 0 saturated carbocycles. The van der Waals surface area contributed by atoms with Gasteiger partial charge in [0, 0.05) is 17.3 Å². The van der Waals surface area contributed by atoms with Gasteiger partial charge in [0.25, 0.3) is 11.8 Å². The summed E-state index contributed by atoms with van der Waals surface area (Å²) < 4.78 is 11.0. The number of rotatable bonds is 7. The molecule has 0 atom stereocenters. The number of nitrogens with zero attached hydrogens (tertiary/aromatic N) is 2. The number of ether oxygens (including phenoxy) is 2. The molecule has 33 heavy (non-hydrogen) atoms. The first kappa shape index (κ1) is 21.7. The number of benzene rings is 3. The van der Waals surface area contributed by atoms with Crippen LogP contribution in [0.4, 0.5) is 11.4 Å². The zero-order valence-electron chi connectivity index (χ0n) is 18.2. The molecule has 7 nitrogen and oxygen atoms in total.